The highest BCUT2D eigenvalue weighted by atomic mass is 35.5. The second kappa shape index (κ2) is 6.10. The van der Waals surface area contributed by atoms with Gasteiger partial charge in [0.1, 0.15) is 11.3 Å². The molecule has 5 nitrogen and oxygen atoms in total. The van der Waals surface area contributed by atoms with Crippen LogP contribution in [-0.4, -0.2) is 32.8 Å². The van der Waals surface area contributed by atoms with Gasteiger partial charge >= 0.3 is 11.9 Å². The van der Waals surface area contributed by atoms with Gasteiger partial charge in [-0.25, -0.2) is 9.59 Å². The van der Waals surface area contributed by atoms with Crippen molar-refractivity contribution in [2.24, 2.45) is 0 Å². The number of carbonyl (C=O) groups is 2. The van der Waals surface area contributed by atoms with Gasteiger partial charge in [0.15, 0.2) is 6.61 Å². The summed E-state index contributed by atoms with van der Waals surface area (Å²) in [5.41, 5.74) is 0.195. The van der Waals surface area contributed by atoms with Crippen molar-refractivity contribution in [1.82, 2.24) is 0 Å². The van der Waals surface area contributed by atoms with Crippen molar-refractivity contribution in [3.63, 3.8) is 0 Å². The van der Waals surface area contributed by atoms with Crippen molar-refractivity contribution in [2.45, 2.75) is 0 Å². The molecule has 0 saturated heterocycles. The lowest BCUT2D eigenvalue weighted by Gasteiger charge is -2.09. The molecule has 1 rings (SSSR count). The second-order valence-electron chi connectivity index (χ2n) is 3.00. The Morgan fingerprint density at radius 2 is 1.94 bits per heavy atom. The zero-order chi connectivity index (χ0) is 12.8. The minimum atomic E-state index is -0.568. The summed E-state index contributed by atoms with van der Waals surface area (Å²) >= 11 is 5.77. The molecular formula is C11H11ClO5. The third kappa shape index (κ3) is 3.64. The van der Waals surface area contributed by atoms with Crippen LogP contribution in [0.4, 0.5) is 0 Å². The van der Waals surface area contributed by atoms with Crippen molar-refractivity contribution in [3.05, 3.63) is 28.8 Å². The lowest BCUT2D eigenvalue weighted by atomic mass is 10.2. The number of hydrogen-bond donors (Lipinski definition) is 0. The molecule has 17 heavy (non-hydrogen) atoms. The Balaban J connectivity index is 2.91. The maximum atomic E-state index is 11.4. The predicted octanol–water partition coefficient (Wildman–Crippen LogP) is 1.68. The zero-order valence-corrected chi connectivity index (χ0v) is 10.1. The first kappa shape index (κ1) is 13.3. The van der Waals surface area contributed by atoms with E-state index in [2.05, 4.69) is 9.47 Å². The first-order valence-corrected chi connectivity index (χ1v) is 5.03. The van der Waals surface area contributed by atoms with Gasteiger partial charge in [-0.2, -0.15) is 0 Å². The first-order valence-electron chi connectivity index (χ1n) is 4.66. The van der Waals surface area contributed by atoms with Crippen LogP contribution in [0.5, 0.6) is 5.75 Å². The zero-order valence-electron chi connectivity index (χ0n) is 9.36. The fraction of sp³-hybridized carbons (Fsp3) is 0.273. The summed E-state index contributed by atoms with van der Waals surface area (Å²) in [6.45, 7) is -0.305. The molecule has 92 valence electrons. The third-order valence-electron chi connectivity index (χ3n) is 1.92. The highest BCUT2D eigenvalue weighted by molar-refractivity contribution is 6.30. The molecule has 0 aromatic heterocycles. The minimum absolute atomic E-state index is 0.176. The number of hydrogen-bond acceptors (Lipinski definition) is 5. The fourth-order valence-corrected chi connectivity index (χ4v) is 1.25. The Hall–Kier alpha value is -1.75. The molecule has 0 unspecified atom stereocenters. The maximum Gasteiger partial charge on any atom is 0.343 e. The highest BCUT2D eigenvalue weighted by Crippen LogP contribution is 2.24. The van der Waals surface area contributed by atoms with Gasteiger partial charge in [-0.3, -0.25) is 0 Å². The summed E-state index contributed by atoms with van der Waals surface area (Å²) in [6.07, 6.45) is 0. The first-order chi connectivity index (χ1) is 8.08. The summed E-state index contributed by atoms with van der Waals surface area (Å²) < 4.78 is 14.1. The van der Waals surface area contributed by atoms with Crippen LogP contribution >= 0.6 is 11.6 Å². The molecule has 0 aliphatic carbocycles. The summed E-state index contributed by atoms with van der Waals surface area (Å²) in [4.78, 5) is 22.3. The second-order valence-corrected chi connectivity index (χ2v) is 3.43. The van der Waals surface area contributed by atoms with Crippen LogP contribution < -0.4 is 4.74 Å². The highest BCUT2D eigenvalue weighted by Gasteiger charge is 2.14. The normalized spacial score (nSPS) is 9.59. The molecule has 0 fully saturated rings. The SMILES string of the molecule is COC(=O)COc1cc(Cl)ccc1C(=O)OC. The average Bonchev–Trinajstić information content (AvgIpc) is 2.35. The summed E-state index contributed by atoms with van der Waals surface area (Å²) in [5, 5.41) is 0.387. The number of rotatable bonds is 4. The van der Waals surface area contributed by atoms with Gasteiger partial charge in [0.05, 0.1) is 14.2 Å². The Kier molecular flexibility index (Phi) is 4.78. The molecule has 0 saturated carbocycles. The van der Waals surface area contributed by atoms with Gasteiger partial charge in [-0.1, -0.05) is 11.6 Å². The molecule has 0 aliphatic heterocycles. The molecule has 0 spiro atoms. The van der Waals surface area contributed by atoms with E-state index >= 15 is 0 Å². The van der Waals surface area contributed by atoms with E-state index in [0.29, 0.717) is 5.02 Å². The smallest absolute Gasteiger partial charge is 0.343 e. The minimum Gasteiger partial charge on any atom is -0.481 e. The van der Waals surface area contributed by atoms with Crippen LogP contribution in [0.15, 0.2) is 18.2 Å². The van der Waals surface area contributed by atoms with E-state index in [0.717, 1.165) is 0 Å². The van der Waals surface area contributed by atoms with E-state index in [1.807, 2.05) is 0 Å². The van der Waals surface area contributed by atoms with Crippen LogP contribution in [0.3, 0.4) is 0 Å². The van der Waals surface area contributed by atoms with Gasteiger partial charge in [0, 0.05) is 5.02 Å². The Morgan fingerprint density at radius 1 is 1.24 bits per heavy atom. The molecule has 0 radical (unpaired) electrons. The molecule has 0 N–H and O–H groups in total. The number of benzene rings is 1. The molecule has 0 heterocycles. The molecule has 0 amide bonds. The van der Waals surface area contributed by atoms with Crippen LogP contribution in [0.25, 0.3) is 0 Å². The van der Waals surface area contributed by atoms with E-state index in [9.17, 15) is 9.59 Å². The largest absolute Gasteiger partial charge is 0.481 e. The maximum absolute atomic E-state index is 11.4. The van der Waals surface area contributed by atoms with E-state index in [1.165, 1.54) is 32.4 Å². The Morgan fingerprint density at radius 3 is 2.53 bits per heavy atom. The van der Waals surface area contributed by atoms with Crippen molar-refractivity contribution < 1.29 is 23.8 Å². The summed E-state index contributed by atoms with van der Waals surface area (Å²) in [7, 11) is 2.49. The van der Waals surface area contributed by atoms with E-state index in [1.54, 1.807) is 0 Å². The number of carbonyl (C=O) groups excluding carboxylic acids is 2. The van der Waals surface area contributed by atoms with Gasteiger partial charge in [-0.05, 0) is 18.2 Å². The Bertz CT molecular complexity index is 430. The lowest BCUT2D eigenvalue weighted by Crippen LogP contribution is -2.14. The van der Waals surface area contributed by atoms with Crippen LogP contribution in [0.1, 0.15) is 10.4 Å². The van der Waals surface area contributed by atoms with E-state index in [-0.39, 0.29) is 17.9 Å². The summed E-state index contributed by atoms with van der Waals surface area (Å²) in [5.74, 6) is -0.947. The molecular weight excluding hydrogens is 248 g/mol. The van der Waals surface area contributed by atoms with Crippen molar-refractivity contribution >= 4 is 23.5 Å². The van der Waals surface area contributed by atoms with E-state index < -0.39 is 11.9 Å². The standard InChI is InChI=1S/C11H11ClO5/c1-15-10(13)6-17-9-5-7(12)3-4-8(9)11(14)16-2/h3-5H,6H2,1-2H3. The van der Waals surface area contributed by atoms with Gasteiger partial charge in [-0.15, -0.1) is 0 Å². The molecule has 0 aliphatic rings. The summed E-state index contributed by atoms with van der Waals surface area (Å²) in [6, 6.07) is 4.41. The monoisotopic (exact) mass is 258 g/mol. The lowest BCUT2D eigenvalue weighted by molar-refractivity contribution is -0.142. The topological polar surface area (TPSA) is 61.8 Å². The number of halogens is 1. The van der Waals surface area contributed by atoms with Crippen molar-refractivity contribution in [2.75, 3.05) is 20.8 Å². The quantitative estimate of drug-likeness (QED) is 0.769. The molecule has 0 bridgehead atoms. The molecule has 0 atom stereocenters. The molecule has 1 aromatic carbocycles. The molecule has 6 heteroatoms. The van der Waals surface area contributed by atoms with E-state index in [4.69, 9.17) is 16.3 Å². The van der Waals surface area contributed by atoms with Gasteiger partial charge in [0.2, 0.25) is 0 Å². The number of esters is 2. The fourth-order valence-electron chi connectivity index (χ4n) is 1.09. The van der Waals surface area contributed by atoms with Gasteiger partial charge in [0.25, 0.3) is 0 Å². The van der Waals surface area contributed by atoms with Crippen LogP contribution in [0, 0.1) is 0 Å². The van der Waals surface area contributed by atoms with Crippen molar-refractivity contribution in [1.29, 1.82) is 0 Å². The van der Waals surface area contributed by atoms with Crippen molar-refractivity contribution in [3.8, 4) is 5.75 Å². The van der Waals surface area contributed by atoms with Gasteiger partial charge < -0.3 is 14.2 Å². The van der Waals surface area contributed by atoms with Crippen LogP contribution in [0.2, 0.25) is 5.02 Å². The number of ether oxygens (including phenoxy) is 3. The average molecular weight is 259 g/mol. The third-order valence-corrected chi connectivity index (χ3v) is 2.16. The predicted molar refractivity (Wildman–Crippen MR) is 60.3 cm³/mol. The number of methoxy groups -OCH3 is 2. The Labute approximate surface area is 103 Å². The van der Waals surface area contributed by atoms with Crippen LogP contribution in [-0.2, 0) is 14.3 Å². The molecule has 1 aromatic rings.